The van der Waals surface area contributed by atoms with Gasteiger partial charge >= 0.3 is 0 Å². The summed E-state index contributed by atoms with van der Waals surface area (Å²) in [5.41, 5.74) is 0.715. The van der Waals surface area contributed by atoms with E-state index in [-0.39, 0.29) is 11.7 Å². The van der Waals surface area contributed by atoms with Gasteiger partial charge in [0.2, 0.25) is 0 Å². The number of allylic oxidation sites excluding steroid dienone is 4. The summed E-state index contributed by atoms with van der Waals surface area (Å²) in [5, 5.41) is 0. The Labute approximate surface area is 84.9 Å². The summed E-state index contributed by atoms with van der Waals surface area (Å²) in [6.07, 6.45) is 7.82. The SMILES string of the molecule is Fc1cccc(Br)c1C1C=CC=C1. The fourth-order valence-electron chi connectivity index (χ4n) is 1.45. The number of benzene rings is 1. The maximum atomic E-state index is 13.4. The van der Waals surface area contributed by atoms with E-state index in [1.165, 1.54) is 6.07 Å². The Morgan fingerprint density at radius 1 is 1.15 bits per heavy atom. The summed E-state index contributed by atoms with van der Waals surface area (Å²) in [4.78, 5) is 0. The minimum atomic E-state index is -0.157. The Hall–Kier alpha value is -0.890. The van der Waals surface area contributed by atoms with Crippen LogP contribution in [0.15, 0.2) is 47.0 Å². The average molecular weight is 239 g/mol. The highest BCUT2D eigenvalue weighted by atomic mass is 79.9. The van der Waals surface area contributed by atoms with Gasteiger partial charge in [0.05, 0.1) is 0 Å². The average Bonchev–Trinajstić information content (AvgIpc) is 2.57. The fraction of sp³-hybridized carbons (Fsp3) is 0.0909. The van der Waals surface area contributed by atoms with E-state index in [1.807, 2.05) is 30.4 Å². The van der Waals surface area contributed by atoms with Gasteiger partial charge in [0.25, 0.3) is 0 Å². The molecule has 0 fully saturated rings. The van der Waals surface area contributed by atoms with Crippen LogP contribution < -0.4 is 0 Å². The molecule has 0 aromatic heterocycles. The second-order valence-corrected chi connectivity index (χ2v) is 3.79. The van der Waals surface area contributed by atoms with E-state index in [0.717, 1.165) is 4.47 Å². The molecule has 1 aliphatic carbocycles. The summed E-state index contributed by atoms with van der Waals surface area (Å²) in [5.74, 6) is -0.0776. The van der Waals surface area contributed by atoms with Crippen molar-refractivity contribution < 1.29 is 4.39 Å². The molecular formula is C11H8BrF. The summed E-state index contributed by atoms with van der Waals surface area (Å²) in [6.45, 7) is 0. The molecular weight excluding hydrogens is 231 g/mol. The zero-order chi connectivity index (χ0) is 9.26. The minimum Gasteiger partial charge on any atom is -0.207 e. The van der Waals surface area contributed by atoms with Crippen molar-refractivity contribution in [3.63, 3.8) is 0 Å². The van der Waals surface area contributed by atoms with Crippen molar-refractivity contribution in [1.82, 2.24) is 0 Å². The van der Waals surface area contributed by atoms with Crippen molar-refractivity contribution in [3.05, 3.63) is 58.4 Å². The largest absolute Gasteiger partial charge is 0.207 e. The highest BCUT2D eigenvalue weighted by molar-refractivity contribution is 9.10. The van der Waals surface area contributed by atoms with E-state index < -0.39 is 0 Å². The minimum absolute atomic E-state index is 0.0792. The zero-order valence-electron chi connectivity index (χ0n) is 6.87. The monoisotopic (exact) mass is 238 g/mol. The molecule has 0 saturated carbocycles. The molecule has 0 spiro atoms. The lowest BCUT2D eigenvalue weighted by molar-refractivity contribution is 0.608. The molecule has 0 bridgehead atoms. The van der Waals surface area contributed by atoms with E-state index in [9.17, 15) is 4.39 Å². The molecule has 0 amide bonds. The Morgan fingerprint density at radius 2 is 1.85 bits per heavy atom. The van der Waals surface area contributed by atoms with Crippen LogP contribution in [0.5, 0.6) is 0 Å². The normalized spacial score (nSPS) is 15.5. The lowest BCUT2D eigenvalue weighted by atomic mass is 10.0. The van der Waals surface area contributed by atoms with E-state index in [2.05, 4.69) is 15.9 Å². The van der Waals surface area contributed by atoms with E-state index in [1.54, 1.807) is 6.07 Å². The number of hydrogen-bond donors (Lipinski definition) is 0. The second kappa shape index (κ2) is 3.46. The highest BCUT2D eigenvalue weighted by Crippen LogP contribution is 2.31. The van der Waals surface area contributed by atoms with Gasteiger partial charge in [0.1, 0.15) is 5.82 Å². The molecule has 1 aliphatic rings. The van der Waals surface area contributed by atoms with Crippen molar-refractivity contribution in [2.45, 2.75) is 5.92 Å². The Bertz CT molecular complexity index is 347. The molecule has 66 valence electrons. The van der Waals surface area contributed by atoms with E-state index >= 15 is 0 Å². The quantitative estimate of drug-likeness (QED) is 0.699. The third kappa shape index (κ3) is 1.59. The van der Waals surface area contributed by atoms with Crippen molar-refractivity contribution in [3.8, 4) is 0 Å². The van der Waals surface area contributed by atoms with Crippen LogP contribution in [0.3, 0.4) is 0 Å². The number of rotatable bonds is 1. The fourth-order valence-corrected chi connectivity index (χ4v) is 2.06. The van der Waals surface area contributed by atoms with Gasteiger partial charge in [0.15, 0.2) is 0 Å². The zero-order valence-corrected chi connectivity index (χ0v) is 8.46. The predicted molar refractivity (Wildman–Crippen MR) is 55.1 cm³/mol. The highest BCUT2D eigenvalue weighted by Gasteiger charge is 2.14. The molecule has 2 heteroatoms. The summed E-state index contributed by atoms with van der Waals surface area (Å²) < 4.78 is 14.2. The molecule has 0 atom stereocenters. The lowest BCUT2D eigenvalue weighted by Gasteiger charge is -2.09. The molecule has 0 heterocycles. The standard InChI is InChI=1S/C11H8BrF/c12-9-6-3-7-10(13)11(9)8-4-1-2-5-8/h1-8H. The molecule has 0 aliphatic heterocycles. The van der Waals surface area contributed by atoms with Gasteiger partial charge < -0.3 is 0 Å². The molecule has 1 aromatic rings. The first-order chi connectivity index (χ1) is 6.29. The molecule has 13 heavy (non-hydrogen) atoms. The van der Waals surface area contributed by atoms with Gasteiger partial charge in [-0.15, -0.1) is 0 Å². The Balaban J connectivity index is 2.49. The van der Waals surface area contributed by atoms with Crippen molar-refractivity contribution >= 4 is 15.9 Å². The van der Waals surface area contributed by atoms with Crippen LogP contribution in [0.2, 0.25) is 0 Å². The number of hydrogen-bond acceptors (Lipinski definition) is 0. The van der Waals surface area contributed by atoms with Gasteiger partial charge in [-0.2, -0.15) is 0 Å². The summed E-state index contributed by atoms with van der Waals surface area (Å²) in [6, 6.07) is 5.05. The lowest BCUT2D eigenvalue weighted by Crippen LogP contribution is -1.95. The van der Waals surface area contributed by atoms with Crippen LogP contribution in [-0.4, -0.2) is 0 Å². The molecule has 0 N–H and O–H groups in total. The smallest absolute Gasteiger partial charge is 0.128 e. The Kier molecular flexibility index (Phi) is 2.32. The number of halogens is 2. The van der Waals surface area contributed by atoms with Gasteiger partial charge in [-0.05, 0) is 12.1 Å². The maximum absolute atomic E-state index is 13.4. The van der Waals surface area contributed by atoms with Crippen LogP contribution in [0.4, 0.5) is 4.39 Å². The molecule has 1 aromatic carbocycles. The molecule has 0 nitrogen and oxygen atoms in total. The topological polar surface area (TPSA) is 0 Å². The predicted octanol–water partition coefficient (Wildman–Crippen LogP) is 3.80. The van der Waals surface area contributed by atoms with Crippen molar-refractivity contribution in [2.24, 2.45) is 0 Å². The van der Waals surface area contributed by atoms with Crippen LogP contribution in [-0.2, 0) is 0 Å². The Morgan fingerprint density at radius 3 is 2.46 bits per heavy atom. The molecule has 0 unspecified atom stereocenters. The van der Waals surface area contributed by atoms with Crippen LogP contribution in [0.25, 0.3) is 0 Å². The second-order valence-electron chi connectivity index (χ2n) is 2.93. The van der Waals surface area contributed by atoms with Crippen LogP contribution >= 0.6 is 15.9 Å². The first kappa shape index (κ1) is 8.70. The van der Waals surface area contributed by atoms with Crippen LogP contribution in [0, 0.1) is 5.82 Å². The van der Waals surface area contributed by atoms with Gasteiger partial charge in [-0.1, -0.05) is 46.3 Å². The summed E-state index contributed by atoms with van der Waals surface area (Å²) in [7, 11) is 0. The van der Waals surface area contributed by atoms with Crippen molar-refractivity contribution in [2.75, 3.05) is 0 Å². The van der Waals surface area contributed by atoms with E-state index in [4.69, 9.17) is 0 Å². The molecule has 0 saturated heterocycles. The summed E-state index contributed by atoms with van der Waals surface area (Å²) >= 11 is 3.35. The van der Waals surface area contributed by atoms with Crippen molar-refractivity contribution in [1.29, 1.82) is 0 Å². The first-order valence-electron chi connectivity index (χ1n) is 4.08. The molecule has 2 rings (SSSR count). The maximum Gasteiger partial charge on any atom is 0.128 e. The first-order valence-corrected chi connectivity index (χ1v) is 4.87. The van der Waals surface area contributed by atoms with Gasteiger partial charge in [0, 0.05) is 16.0 Å². The van der Waals surface area contributed by atoms with E-state index in [0.29, 0.717) is 5.56 Å². The molecule has 0 radical (unpaired) electrons. The van der Waals surface area contributed by atoms with Gasteiger partial charge in [-0.25, -0.2) is 4.39 Å². The third-order valence-corrected chi connectivity index (χ3v) is 2.77. The van der Waals surface area contributed by atoms with Gasteiger partial charge in [-0.3, -0.25) is 0 Å². The third-order valence-electron chi connectivity index (χ3n) is 2.08. The van der Waals surface area contributed by atoms with Crippen LogP contribution in [0.1, 0.15) is 11.5 Å².